The van der Waals surface area contributed by atoms with Crippen molar-refractivity contribution in [3.8, 4) is 0 Å². The second kappa shape index (κ2) is 5.74. The van der Waals surface area contributed by atoms with E-state index < -0.39 is 9.84 Å². The molecule has 0 bridgehead atoms. The smallest absolute Gasteiger partial charge is 0.267 e. The van der Waals surface area contributed by atoms with E-state index in [1.54, 1.807) is 4.90 Å². The predicted octanol–water partition coefficient (Wildman–Crippen LogP) is -0.721. The van der Waals surface area contributed by atoms with Crippen LogP contribution in [-0.4, -0.2) is 53.6 Å². The monoisotopic (exact) mass is 299 g/mol. The molecule has 0 aromatic carbocycles. The van der Waals surface area contributed by atoms with Gasteiger partial charge in [0.05, 0.1) is 5.25 Å². The molecule has 0 atom stereocenters. The molecule has 110 valence electrons. The highest BCUT2D eigenvalue weighted by Crippen LogP contribution is 2.17. The van der Waals surface area contributed by atoms with Crippen LogP contribution in [0.15, 0.2) is 23.1 Å². The third-order valence-corrected chi connectivity index (χ3v) is 5.15. The zero-order valence-corrected chi connectivity index (χ0v) is 12.0. The van der Waals surface area contributed by atoms with Crippen molar-refractivity contribution in [1.82, 2.24) is 14.7 Å². The van der Waals surface area contributed by atoms with Crippen molar-refractivity contribution in [1.29, 1.82) is 0 Å². The van der Waals surface area contributed by atoms with Gasteiger partial charge in [0.2, 0.25) is 5.91 Å². The topological polar surface area (TPSA) is 89.3 Å². The quantitative estimate of drug-likeness (QED) is 0.735. The van der Waals surface area contributed by atoms with Crippen LogP contribution in [-0.2, 0) is 21.2 Å². The second-order valence-electron chi connectivity index (χ2n) is 4.93. The van der Waals surface area contributed by atoms with Crippen LogP contribution in [0.25, 0.3) is 0 Å². The third kappa shape index (κ3) is 3.44. The van der Waals surface area contributed by atoms with Crippen molar-refractivity contribution in [2.45, 2.75) is 24.6 Å². The van der Waals surface area contributed by atoms with Crippen molar-refractivity contribution in [3.63, 3.8) is 0 Å². The number of sulfone groups is 1. The Kier molecular flexibility index (Phi) is 4.22. The molecule has 0 saturated carbocycles. The Morgan fingerprint density at radius 2 is 2.05 bits per heavy atom. The van der Waals surface area contributed by atoms with E-state index in [1.165, 1.54) is 24.6 Å². The SMILES string of the molecule is CS(=O)(=O)C1CCN(C(=O)Cn2ncccc2=O)CC1. The second-order valence-corrected chi connectivity index (χ2v) is 7.25. The van der Waals surface area contributed by atoms with Gasteiger partial charge in [-0.1, -0.05) is 0 Å². The molecule has 1 aromatic rings. The van der Waals surface area contributed by atoms with Crippen LogP contribution < -0.4 is 5.56 Å². The number of nitrogens with zero attached hydrogens (tertiary/aromatic N) is 3. The molecule has 1 amide bonds. The Balaban J connectivity index is 1.96. The van der Waals surface area contributed by atoms with E-state index >= 15 is 0 Å². The Hall–Kier alpha value is -1.70. The summed E-state index contributed by atoms with van der Waals surface area (Å²) in [6.07, 6.45) is 3.57. The maximum atomic E-state index is 12.1. The van der Waals surface area contributed by atoms with Gasteiger partial charge < -0.3 is 4.90 Å². The fourth-order valence-corrected chi connectivity index (χ4v) is 3.33. The number of hydrogen-bond donors (Lipinski definition) is 0. The summed E-state index contributed by atoms with van der Waals surface area (Å²) in [4.78, 5) is 25.1. The fraction of sp³-hybridized carbons (Fsp3) is 0.583. The molecule has 0 aliphatic carbocycles. The Labute approximate surface area is 117 Å². The molecule has 1 aromatic heterocycles. The maximum Gasteiger partial charge on any atom is 0.267 e. The number of hydrogen-bond acceptors (Lipinski definition) is 5. The minimum absolute atomic E-state index is 0.108. The van der Waals surface area contributed by atoms with E-state index in [4.69, 9.17) is 0 Å². The van der Waals surface area contributed by atoms with Crippen LogP contribution in [0, 0.1) is 0 Å². The average Bonchev–Trinajstić information content (AvgIpc) is 2.40. The van der Waals surface area contributed by atoms with Crippen LogP contribution in [0.2, 0.25) is 0 Å². The highest BCUT2D eigenvalue weighted by molar-refractivity contribution is 7.91. The van der Waals surface area contributed by atoms with Crippen molar-refractivity contribution < 1.29 is 13.2 Å². The van der Waals surface area contributed by atoms with E-state index in [2.05, 4.69) is 5.10 Å². The lowest BCUT2D eigenvalue weighted by molar-refractivity contribution is -0.132. The van der Waals surface area contributed by atoms with Crippen molar-refractivity contribution in [2.75, 3.05) is 19.3 Å². The van der Waals surface area contributed by atoms with Crippen LogP contribution in [0.3, 0.4) is 0 Å². The van der Waals surface area contributed by atoms with E-state index in [0.29, 0.717) is 25.9 Å². The van der Waals surface area contributed by atoms with Crippen molar-refractivity contribution in [3.05, 3.63) is 28.7 Å². The molecule has 0 spiro atoms. The highest BCUT2D eigenvalue weighted by Gasteiger charge is 2.28. The summed E-state index contributed by atoms with van der Waals surface area (Å²) in [5, 5.41) is 3.46. The van der Waals surface area contributed by atoms with Gasteiger partial charge in [-0.15, -0.1) is 0 Å². The van der Waals surface area contributed by atoms with Gasteiger partial charge >= 0.3 is 0 Å². The average molecular weight is 299 g/mol. The Morgan fingerprint density at radius 3 is 2.60 bits per heavy atom. The largest absolute Gasteiger partial charge is 0.341 e. The van der Waals surface area contributed by atoms with Gasteiger partial charge in [-0.3, -0.25) is 9.59 Å². The minimum atomic E-state index is -3.05. The lowest BCUT2D eigenvalue weighted by atomic mass is 10.1. The predicted molar refractivity (Wildman–Crippen MR) is 72.9 cm³/mol. The number of carbonyl (C=O) groups is 1. The summed E-state index contributed by atoms with van der Waals surface area (Å²) >= 11 is 0. The molecule has 20 heavy (non-hydrogen) atoms. The van der Waals surface area contributed by atoms with Crippen molar-refractivity contribution in [2.24, 2.45) is 0 Å². The van der Waals surface area contributed by atoms with Crippen LogP contribution in [0.5, 0.6) is 0 Å². The molecule has 2 rings (SSSR count). The first-order valence-corrected chi connectivity index (χ1v) is 8.32. The van der Waals surface area contributed by atoms with E-state index in [-0.39, 0.29) is 23.3 Å². The van der Waals surface area contributed by atoms with E-state index in [9.17, 15) is 18.0 Å². The molecule has 1 saturated heterocycles. The standard InChI is InChI=1S/C12H17N3O4S/c1-20(18,19)10-4-7-14(8-5-10)12(17)9-15-11(16)3-2-6-13-15/h2-3,6,10H,4-5,7-9H2,1H3. The summed E-state index contributed by atoms with van der Waals surface area (Å²) in [7, 11) is -3.05. The molecular formula is C12H17N3O4S. The molecule has 1 fully saturated rings. The minimum Gasteiger partial charge on any atom is -0.341 e. The van der Waals surface area contributed by atoms with Gasteiger partial charge in [0.1, 0.15) is 16.4 Å². The maximum absolute atomic E-state index is 12.1. The summed E-state index contributed by atoms with van der Waals surface area (Å²) < 4.78 is 24.0. The first kappa shape index (κ1) is 14.7. The van der Waals surface area contributed by atoms with Gasteiger partial charge in [-0.25, -0.2) is 13.1 Å². The van der Waals surface area contributed by atoms with E-state index in [0.717, 1.165) is 4.68 Å². The van der Waals surface area contributed by atoms with Crippen LogP contribution in [0.4, 0.5) is 0 Å². The van der Waals surface area contributed by atoms with Gasteiger partial charge in [0.15, 0.2) is 0 Å². The third-order valence-electron chi connectivity index (χ3n) is 3.47. The van der Waals surface area contributed by atoms with Gasteiger partial charge in [-0.05, 0) is 18.9 Å². The summed E-state index contributed by atoms with van der Waals surface area (Å²) in [6, 6.07) is 2.86. The number of amides is 1. The lowest BCUT2D eigenvalue weighted by Crippen LogP contribution is -2.44. The molecular weight excluding hydrogens is 282 g/mol. The number of likely N-dealkylation sites (tertiary alicyclic amines) is 1. The summed E-state index contributed by atoms with van der Waals surface area (Å²) in [6.45, 7) is 0.694. The number of aromatic nitrogens is 2. The summed E-state index contributed by atoms with van der Waals surface area (Å²) in [5.74, 6) is -0.210. The number of carbonyl (C=O) groups excluding carboxylic acids is 1. The number of rotatable bonds is 3. The van der Waals surface area contributed by atoms with Gasteiger partial charge in [0.25, 0.3) is 5.56 Å². The van der Waals surface area contributed by atoms with E-state index in [1.807, 2.05) is 0 Å². The first-order valence-electron chi connectivity index (χ1n) is 6.37. The van der Waals surface area contributed by atoms with Gasteiger partial charge in [-0.2, -0.15) is 5.10 Å². The molecule has 0 N–H and O–H groups in total. The number of piperidine rings is 1. The molecule has 7 nitrogen and oxygen atoms in total. The molecule has 2 heterocycles. The molecule has 0 radical (unpaired) electrons. The van der Waals surface area contributed by atoms with Crippen LogP contribution >= 0.6 is 0 Å². The normalized spacial score (nSPS) is 17.1. The zero-order chi connectivity index (χ0) is 14.8. The van der Waals surface area contributed by atoms with Crippen molar-refractivity contribution >= 4 is 15.7 Å². The highest BCUT2D eigenvalue weighted by atomic mass is 32.2. The fourth-order valence-electron chi connectivity index (χ4n) is 2.27. The molecule has 0 unspecified atom stereocenters. The van der Waals surface area contributed by atoms with Crippen LogP contribution in [0.1, 0.15) is 12.8 Å². The molecule has 1 aliphatic rings. The Bertz CT molecular complexity index is 645. The zero-order valence-electron chi connectivity index (χ0n) is 11.2. The molecule has 1 aliphatic heterocycles. The first-order chi connectivity index (χ1) is 9.38. The Morgan fingerprint density at radius 1 is 1.40 bits per heavy atom. The lowest BCUT2D eigenvalue weighted by Gasteiger charge is -2.31. The summed E-state index contributed by atoms with van der Waals surface area (Å²) in [5.41, 5.74) is -0.327. The van der Waals surface area contributed by atoms with Gasteiger partial charge in [0, 0.05) is 31.6 Å². The molecule has 8 heteroatoms.